The first-order valence-electron chi connectivity index (χ1n) is 5.84. The van der Waals surface area contributed by atoms with Crippen LogP contribution >= 0.6 is 23.5 Å². The lowest BCUT2D eigenvalue weighted by molar-refractivity contribution is 0.241. The highest BCUT2D eigenvalue weighted by atomic mass is 35.5. The van der Waals surface area contributed by atoms with Gasteiger partial charge in [0.05, 0.1) is 0 Å². The summed E-state index contributed by atoms with van der Waals surface area (Å²) in [4.78, 5) is 9.05. The molecule has 0 bridgehead atoms. The zero-order chi connectivity index (χ0) is 12.6. The smallest absolute Gasteiger partial charge is 0.222 e. The lowest BCUT2D eigenvalue weighted by atomic mass is 9.92. The van der Waals surface area contributed by atoms with E-state index in [0.29, 0.717) is 6.04 Å². The molecule has 17 heavy (non-hydrogen) atoms. The summed E-state index contributed by atoms with van der Waals surface area (Å²) in [5.41, 5.74) is -0.0187. The van der Waals surface area contributed by atoms with Crippen LogP contribution in [-0.4, -0.2) is 34.0 Å². The second-order valence-electron chi connectivity index (χ2n) is 5.52. The summed E-state index contributed by atoms with van der Waals surface area (Å²) in [5, 5.41) is 4.15. The van der Waals surface area contributed by atoms with Gasteiger partial charge in [-0.3, -0.25) is 0 Å². The van der Waals surface area contributed by atoms with Crippen molar-refractivity contribution < 1.29 is 0 Å². The second-order valence-corrected chi connectivity index (χ2v) is 6.66. The van der Waals surface area contributed by atoms with Crippen LogP contribution in [0.3, 0.4) is 0 Å². The molecule has 1 atom stereocenters. The van der Waals surface area contributed by atoms with Crippen molar-refractivity contribution >= 4 is 34.7 Å². The van der Waals surface area contributed by atoms with E-state index in [1.165, 1.54) is 12.8 Å². The van der Waals surface area contributed by atoms with E-state index in [2.05, 4.69) is 36.1 Å². The Kier molecular flexibility index (Phi) is 3.59. The summed E-state index contributed by atoms with van der Waals surface area (Å²) < 4.78 is 1.64. The summed E-state index contributed by atoms with van der Waals surface area (Å²) in [7, 11) is 0. The van der Waals surface area contributed by atoms with Gasteiger partial charge in [-0.2, -0.15) is 4.99 Å². The molecule has 1 N–H and O–H groups in total. The number of rotatable bonds is 1. The van der Waals surface area contributed by atoms with E-state index in [4.69, 9.17) is 11.8 Å². The Labute approximate surface area is 112 Å². The van der Waals surface area contributed by atoms with E-state index in [-0.39, 0.29) is 11.6 Å². The molecular formula is C11H19ClN4S. The van der Waals surface area contributed by atoms with E-state index >= 15 is 0 Å². The Balaban J connectivity index is 2.21. The Morgan fingerprint density at radius 2 is 2.06 bits per heavy atom. The largest absolute Gasteiger partial charge is 0.352 e. The van der Waals surface area contributed by atoms with Crippen molar-refractivity contribution in [2.75, 3.05) is 6.26 Å². The molecule has 6 heteroatoms. The normalized spacial score (nSPS) is 25.5. The third-order valence-corrected chi connectivity index (χ3v) is 3.81. The van der Waals surface area contributed by atoms with E-state index in [1.54, 1.807) is 16.2 Å². The fourth-order valence-corrected chi connectivity index (χ4v) is 2.62. The average Bonchev–Trinajstić information content (AvgIpc) is 3.02. The van der Waals surface area contributed by atoms with Gasteiger partial charge in [-0.05, 0) is 19.1 Å². The Morgan fingerprint density at radius 3 is 2.53 bits per heavy atom. The molecule has 96 valence electrons. The second kappa shape index (κ2) is 4.69. The van der Waals surface area contributed by atoms with Crippen molar-refractivity contribution in [3.05, 3.63) is 0 Å². The molecule has 1 fully saturated rings. The van der Waals surface area contributed by atoms with E-state index in [9.17, 15) is 0 Å². The quantitative estimate of drug-likeness (QED) is 0.748. The van der Waals surface area contributed by atoms with Crippen LogP contribution in [0, 0.1) is 5.41 Å². The van der Waals surface area contributed by atoms with Crippen LogP contribution in [0.2, 0.25) is 0 Å². The van der Waals surface area contributed by atoms with Gasteiger partial charge in [-0.15, -0.1) is 0 Å². The summed E-state index contributed by atoms with van der Waals surface area (Å²) >= 11 is 7.85. The van der Waals surface area contributed by atoms with E-state index < -0.39 is 0 Å². The van der Waals surface area contributed by atoms with Crippen LogP contribution in [0.5, 0.6) is 0 Å². The van der Waals surface area contributed by atoms with Crippen LogP contribution in [0.1, 0.15) is 33.6 Å². The van der Waals surface area contributed by atoms with Gasteiger partial charge in [0.15, 0.2) is 5.17 Å². The first-order chi connectivity index (χ1) is 7.91. The third-order valence-electron chi connectivity index (χ3n) is 2.71. The van der Waals surface area contributed by atoms with Crippen LogP contribution in [-0.2, 0) is 0 Å². The van der Waals surface area contributed by atoms with Crippen LogP contribution in [0.25, 0.3) is 0 Å². The fourth-order valence-electron chi connectivity index (χ4n) is 1.58. The maximum atomic E-state index is 6.30. The number of hydrogen-bond acceptors (Lipinski definition) is 5. The van der Waals surface area contributed by atoms with E-state index in [1.807, 2.05) is 6.26 Å². The Morgan fingerprint density at radius 1 is 1.41 bits per heavy atom. The number of nitrogens with one attached hydrogen (secondary N) is 1. The molecule has 0 aromatic carbocycles. The molecule has 0 spiro atoms. The molecule has 1 aliphatic heterocycles. The number of thioether (sulfide) groups is 1. The highest BCUT2D eigenvalue weighted by Gasteiger charge is 2.35. The van der Waals surface area contributed by atoms with Gasteiger partial charge in [0, 0.05) is 23.2 Å². The molecule has 1 saturated carbocycles. The number of hydrogen-bond donors (Lipinski definition) is 1. The third kappa shape index (κ3) is 3.07. The van der Waals surface area contributed by atoms with Gasteiger partial charge < -0.3 is 5.32 Å². The molecule has 0 saturated heterocycles. The van der Waals surface area contributed by atoms with Crippen LogP contribution < -0.4 is 5.32 Å². The number of aliphatic imine (C=N–C) groups is 2. The molecule has 0 amide bonds. The molecule has 4 nitrogen and oxygen atoms in total. The first kappa shape index (κ1) is 13.0. The summed E-state index contributed by atoms with van der Waals surface area (Å²) in [6, 6.07) is 0.558. The molecule has 2 aliphatic rings. The summed E-state index contributed by atoms with van der Waals surface area (Å²) in [5.74, 6) is 0.730. The summed E-state index contributed by atoms with van der Waals surface area (Å²) in [6.07, 6.45) is 4.33. The van der Waals surface area contributed by atoms with Crippen molar-refractivity contribution in [1.29, 1.82) is 0 Å². The van der Waals surface area contributed by atoms with Gasteiger partial charge >= 0.3 is 0 Å². The number of nitrogens with zero attached hydrogens (tertiary/aromatic N) is 3. The van der Waals surface area contributed by atoms with Crippen molar-refractivity contribution in [2.45, 2.75) is 45.8 Å². The summed E-state index contributed by atoms with van der Waals surface area (Å²) in [6.45, 7) is 6.40. The molecule has 0 aromatic heterocycles. The van der Waals surface area contributed by atoms with Crippen LogP contribution in [0.15, 0.2) is 9.98 Å². The number of halogens is 1. The highest BCUT2D eigenvalue weighted by molar-refractivity contribution is 8.13. The Bertz CT molecular complexity index is 357. The van der Waals surface area contributed by atoms with Crippen molar-refractivity contribution in [2.24, 2.45) is 15.4 Å². The topological polar surface area (TPSA) is 40.0 Å². The molecule has 1 unspecified atom stereocenters. The molecule has 1 heterocycles. The lowest BCUT2D eigenvalue weighted by Crippen LogP contribution is -2.45. The predicted molar refractivity (Wildman–Crippen MR) is 75.5 cm³/mol. The first-order valence-corrected chi connectivity index (χ1v) is 7.40. The standard InChI is InChI=1S/C11H19ClN4S/c1-11(2,3)8-14-9(13-7-5-6-7)15-10(17-4)16(8)12/h7-8H,5-6H2,1-4H3,(H,13,14). The Hall–Kier alpha value is -0.420. The van der Waals surface area contributed by atoms with Gasteiger partial charge in [0.2, 0.25) is 5.96 Å². The zero-order valence-corrected chi connectivity index (χ0v) is 12.3. The lowest BCUT2D eigenvalue weighted by Gasteiger charge is -2.36. The van der Waals surface area contributed by atoms with Crippen molar-refractivity contribution in [1.82, 2.24) is 9.74 Å². The minimum Gasteiger partial charge on any atom is -0.352 e. The van der Waals surface area contributed by atoms with Gasteiger partial charge in [0.25, 0.3) is 0 Å². The zero-order valence-electron chi connectivity index (χ0n) is 10.7. The monoisotopic (exact) mass is 274 g/mol. The van der Waals surface area contributed by atoms with Gasteiger partial charge in [0.1, 0.15) is 6.17 Å². The molecule has 0 radical (unpaired) electrons. The predicted octanol–water partition coefficient (Wildman–Crippen LogP) is 2.66. The van der Waals surface area contributed by atoms with Gasteiger partial charge in [-0.1, -0.05) is 32.5 Å². The SMILES string of the molecule is CSC1=NC(NC2CC2)=NC(C(C)(C)C)N1Cl. The highest BCUT2D eigenvalue weighted by Crippen LogP contribution is 2.31. The maximum Gasteiger partial charge on any atom is 0.222 e. The molecule has 0 aromatic rings. The van der Waals surface area contributed by atoms with Crippen LogP contribution in [0.4, 0.5) is 0 Å². The average molecular weight is 275 g/mol. The van der Waals surface area contributed by atoms with E-state index in [0.717, 1.165) is 11.1 Å². The number of guanidine groups is 1. The van der Waals surface area contributed by atoms with Gasteiger partial charge in [-0.25, -0.2) is 9.41 Å². The van der Waals surface area contributed by atoms with Crippen molar-refractivity contribution in [3.8, 4) is 0 Å². The minimum atomic E-state index is -0.0784. The minimum absolute atomic E-state index is 0.0187. The molecule has 1 aliphatic carbocycles. The van der Waals surface area contributed by atoms with Crippen molar-refractivity contribution in [3.63, 3.8) is 0 Å². The fraction of sp³-hybridized carbons (Fsp3) is 0.818. The number of amidine groups is 1. The molecule has 2 rings (SSSR count). The maximum absolute atomic E-state index is 6.30. The molecular weight excluding hydrogens is 256 g/mol.